The maximum absolute atomic E-state index is 12.9. The van der Waals surface area contributed by atoms with Gasteiger partial charge in [0.1, 0.15) is 29.8 Å². The minimum Gasteiger partial charge on any atom is -0.486 e. The van der Waals surface area contributed by atoms with Crippen LogP contribution < -0.4 is 4.74 Å². The summed E-state index contributed by atoms with van der Waals surface area (Å²) in [7, 11) is -3.52. The van der Waals surface area contributed by atoms with Crippen LogP contribution in [0.1, 0.15) is 33.9 Å². The first-order chi connectivity index (χ1) is 15.4. The Hall–Kier alpha value is -2.82. The number of ether oxygens (including phenoxy) is 2. The highest BCUT2D eigenvalue weighted by molar-refractivity contribution is 7.89. The molecule has 2 heterocycles. The van der Waals surface area contributed by atoms with Gasteiger partial charge in [-0.05, 0) is 61.4 Å². The molecular weight excluding hydrogens is 455 g/mol. The van der Waals surface area contributed by atoms with E-state index in [2.05, 4.69) is 4.98 Å². The number of hydrogen-bond donors (Lipinski definition) is 0. The Morgan fingerprint density at radius 1 is 1.03 bits per heavy atom. The van der Waals surface area contributed by atoms with Crippen LogP contribution in [0, 0.1) is 5.82 Å². The van der Waals surface area contributed by atoms with Crippen LogP contribution in [0.15, 0.2) is 58.8 Å². The number of carbonyl (C=O) groups is 1. The minimum atomic E-state index is -3.52. The molecule has 10 heteroatoms. The highest BCUT2D eigenvalue weighted by atomic mass is 32.2. The summed E-state index contributed by atoms with van der Waals surface area (Å²) in [5.74, 6) is -0.365. The van der Waals surface area contributed by atoms with E-state index in [1.54, 1.807) is 5.38 Å². The Bertz CT molecular complexity index is 1170. The number of hydrogen-bond acceptors (Lipinski definition) is 7. The number of nitrogens with zero attached hydrogens (tertiary/aromatic N) is 2. The zero-order valence-electron chi connectivity index (χ0n) is 17.1. The van der Waals surface area contributed by atoms with Crippen molar-refractivity contribution in [2.45, 2.75) is 31.0 Å². The van der Waals surface area contributed by atoms with E-state index in [0.29, 0.717) is 29.5 Å². The summed E-state index contributed by atoms with van der Waals surface area (Å²) in [4.78, 5) is 16.8. The van der Waals surface area contributed by atoms with Crippen LogP contribution in [0.25, 0.3) is 0 Å². The average molecular weight is 477 g/mol. The number of rotatable bonds is 8. The van der Waals surface area contributed by atoms with Crippen LogP contribution in [-0.2, 0) is 28.0 Å². The van der Waals surface area contributed by atoms with Crippen molar-refractivity contribution in [3.8, 4) is 5.75 Å². The fourth-order valence-corrected chi connectivity index (χ4v) is 5.43. The number of sulfonamides is 1. The van der Waals surface area contributed by atoms with Crippen molar-refractivity contribution in [1.82, 2.24) is 9.29 Å². The Morgan fingerprint density at radius 2 is 1.72 bits per heavy atom. The maximum Gasteiger partial charge on any atom is 0.338 e. The number of benzene rings is 2. The van der Waals surface area contributed by atoms with Crippen LogP contribution in [-0.4, -0.2) is 36.8 Å². The number of carbonyl (C=O) groups excluding carboxylic acids is 1. The molecule has 0 aliphatic carbocycles. The number of halogens is 1. The van der Waals surface area contributed by atoms with Crippen molar-refractivity contribution in [2.24, 2.45) is 0 Å². The fraction of sp³-hybridized carbons (Fsp3) is 0.273. The van der Waals surface area contributed by atoms with Gasteiger partial charge in [-0.3, -0.25) is 0 Å². The molecule has 1 aliphatic rings. The molecular formula is C22H21FN2O5S2. The predicted octanol–water partition coefficient (Wildman–Crippen LogP) is 4.00. The molecule has 0 N–H and O–H groups in total. The average Bonchev–Trinajstić information content (AvgIpc) is 3.50. The zero-order chi connectivity index (χ0) is 22.6. The highest BCUT2D eigenvalue weighted by Gasteiger charge is 2.27. The van der Waals surface area contributed by atoms with Crippen LogP contribution in [0.3, 0.4) is 0 Å². The summed E-state index contributed by atoms with van der Waals surface area (Å²) in [6.07, 6.45) is 1.72. The third-order valence-corrected chi connectivity index (χ3v) is 7.70. The molecule has 0 unspecified atom stereocenters. The second-order valence-corrected chi connectivity index (χ2v) is 10.1. The van der Waals surface area contributed by atoms with E-state index >= 15 is 0 Å². The van der Waals surface area contributed by atoms with Gasteiger partial charge in [0.25, 0.3) is 0 Å². The third-order valence-electron chi connectivity index (χ3n) is 4.92. The largest absolute Gasteiger partial charge is 0.486 e. The summed E-state index contributed by atoms with van der Waals surface area (Å²) in [5, 5.41) is 2.46. The third kappa shape index (κ3) is 5.32. The monoisotopic (exact) mass is 476 g/mol. The van der Waals surface area contributed by atoms with E-state index in [4.69, 9.17) is 9.47 Å². The van der Waals surface area contributed by atoms with Crippen molar-refractivity contribution in [2.75, 3.05) is 13.1 Å². The summed E-state index contributed by atoms with van der Waals surface area (Å²) in [6, 6.07) is 11.5. The number of esters is 1. The topological polar surface area (TPSA) is 85.8 Å². The van der Waals surface area contributed by atoms with Gasteiger partial charge in [0.2, 0.25) is 10.0 Å². The molecule has 7 nitrogen and oxygen atoms in total. The first-order valence-electron chi connectivity index (χ1n) is 10.0. The molecule has 1 aliphatic heterocycles. The molecule has 2 aromatic carbocycles. The summed E-state index contributed by atoms with van der Waals surface area (Å²) >= 11 is 1.36. The van der Waals surface area contributed by atoms with Gasteiger partial charge in [-0.2, -0.15) is 4.31 Å². The molecule has 168 valence electrons. The molecule has 1 fully saturated rings. The van der Waals surface area contributed by atoms with Crippen molar-refractivity contribution in [3.63, 3.8) is 0 Å². The van der Waals surface area contributed by atoms with E-state index in [0.717, 1.165) is 12.8 Å². The van der Waals surface area contributed by atoms with E-state index in [1.807, 2.05) is 0 Å². The predicted molar refractivity (Wildman–Crippen MR) is 116 cm³/mol. The lowest BCUT2D eigenvalue weighted by atomic mass is 10.2. The first kappa shape index (κ1) is 22.4. The fourth-order valence-electron chi connectivity index (χ4n) is 3.22. The molecule has 4 rings (SSSR count). The quantitative estimate of drug-likeness (QED) is 0.457. The van der Waals surface area contributed by atoms with Crippen LogP contribution in [0.2, 0.25) is 0 Å². The minimum absolute atomic E-state index is 0.0142. The van der Waals surface area contributed by atoms with E-state index in [1.165, 1.54) is 64.2 Å². The summed E-state index contributed by atoms with van der Waals surface area (Å²) in [5.41, 5.74) is 0.842. The normalized spacial score (nSPS) is 14.4. The molecule has 3 aromatic rings. The maximum atomic E-state index is 12.9. The van der Waals surface area contributed by atoms with Crippen LogP contribution >= 0.6 is 11.3 Å². The van der Waals surface area contributed by atoms with Crippen molar-refractivity contribution < 1.29 is 27.1 Å². The van der Waals surface area contributed by atoms with Gasteiger partial charge in [-0.15, -0.1) is 11.3 Å². The molecule has 1 saturated heterocycles. The Morgan fingerprint density at radius 3 is 2.41 bits per heavy atom. The van der Waals surface area contributed by atoms with E-state index in [9.17, 15) is 17.6 Å². The molecule has 0 atom stereocenters. The molecule has 0 saturated carbocycles. The molecule has 1 aromatic heterocycles. The van der Waals surface area contributed by atoms with Crippen molar-refractivity contribution in [1.29, 1.82) is 0 Å². The van der Waals surface area contributed by atoms with Gasteiger partial charge in [0.15, 0.2) is 0 Å². The Kier molecular flexibility index (Phi) is 6.83. The van der Waals surface area contributed by atoms with E-state index < -0.39 is 16.0 Å². The van der Waals surface area contributed by atoms with Gasteiger partial charge in [0.05, 0.1) is 16.2 Å². The second kappa shape index (κ2) is 9.76. The standard InChI is InChI=1S/C22H21FN2O5S2/c23-17-5-7-19(8-6-17)29-14-21-24-18(15-31-21)13-30-22(26)16-3-9-20(10-4-16)32(27,28)25-11-1-2-12-25/h3-10,15H,1-2,11-14H2. The molecule has 0 amide bonds. The number of aromatic nitrogens is 1. The lowest BCUT2D eigenvalue weighted by Crippen LogP contribution is -2.27. The molecule has 0 bridgehead atoms. The lowest BCUT2D eigenvalue weighted by Gasteiger charge is -2.15. The van der Waals surface area contributed by atoms with Crippen LogP contribution in [0.4, 0.5) is 4.39 Å². The van der Waals surface area contributed by atoms with Gasteiger partial charge < -0.3 is 9.47 Å². The zero-order valence-corrected chi connectivity index (χ0v) is 18.7. The second-order valence-electron chi connectivity index (χ2n) is 7.19. The van der Waals surface area contributed by atoms with Crippen molar-refractivity contribution in [3.05, 3.63) is 76.0 Å². The molecule has 0 radical (unpaired) electrons. The SMILES string of the molecule is O=C(OCc1csc(COc2ccc(F)cc2)n1)c1ccc(S(=O)(=O)N2CCCC2)cc1. The van der Waals surface area contributed by atoms with Gasteiger partial charge in [0, 0.05) is 18.5 Å². The molecule has 0 spiro atoms. The lowest BCUT2D eigenvalue weighted by molar-refractivity contribution is 0.0468. The smallest absolute Gasteiger partial charge is 0.338 e. The Labute approximate surface area is 189 Å². The Balaban J connectivity index is 1.29. The van der Waals surface area contributed by atoms with Crippen LogP contribution in [0.5, 0.6) is 5.75 Å². The highest BCUT2D eigenvalue weighted by Crippen LogP contribution is 2.22. The van der Waals surface area contributed by atoms with Gasteiger partial charge in [-0.25, -0.2) is 22.6 Å². The van der Waals surface area contributed by atoms with Gasteiger partial charge >= 0.3 is 5.97 Å². The van der Waals surface area contributed by atoms with E-state index in [-0.39, 0.29) is 29.5 Å². The van der Waals surface area contributed by atoms with Crippen molar-refractivity contribution >= 4 is 27.3 Å². The summed E-state index contributed by atoms with van der Waals surface area (Å²) in [6.45, 7) is 1.25. The first-order valence-corrected chi connectivity index (χ1v) is 12.3. The summed E-state index contributed by atoms with van der Waals surface area (Å²) < 4.78 is 50.4. The van der Waals surface area contributed by atoms with Gasteiger partial charge in [-0.1, -0.05) is 0 Å². The molecule has 32 heavy (non-hydrogen) atoms. The number of thiazole rings is 1.